The molecule has 36 heavy (non-hydrogen) atoms. The molecule has 0 bridgehead atoms. The molecular weight excluding hydrogens is 462 g/mol. The van der Waals surface area contributed by atoms with Crippen LogP contribution in [0.2, 0.25) is 0 Å². The van der Waals surface area contributed by atoms with E-state index in [2.05, 4.69) is 24.9 Å². The highest BCUT2D eigenvalue weighted by molar-refractivity contribution is 6.01. The van der Waals surface area contributed by atoms with Crippen LogP contribution in [0.1, 0.15) is 51.5 Å². The fraction of sp³-hybridized carbons (Fsp3) is 0.536. The molecule has 2 N–H and O–H groups in total. The molecule has 1 fully saturated rings. The largest absolute Gasteiger partial charge is 0.481 e. The maximum Gasteiger partial charge on any atom is 0.315 e. The van der Waals surface area contributed by atoms with Crippen molar-refractivity contribution in [3.8, 4) is 0 Å². The summed E-state index contributed by atoms with van der Waals surface area (Å²) in [5.74, 6) is -2.34. The van der Waals surface area contributed by atoms with Crippen LogP contribution in [0.25, 0.3) is 0 Å². The Morgan fingerprint density at radius 3 is 2.64 bits per heavy atom. The quantitative estimate of drug-likeness (QED) is 0.432. The Morgan fingerprint density at radius 1 is 1.33 bits per heavy atom. The number of esters is 1. The van der Waals surface area contributed by atoms with Crippen LogP contribution in [0.15, 0.2) is 59.0 Å². The number of fused-ring (bicyclic) bond motifs is 1. The molecule has 0 unspecified atom stereocenters. The Kier molecular flexibility index (Phi) is 6.64. The fourth-order valence-electron chi connectivity index (χ4n) is 6.87. The molecule has 1 aromatic rings. The van der Waals surface area contributed by atoms with Crippen molar-refractivity contribution in [1.29, 1.82) is 0 Å². The zero-order chi connectivity index (χ0) is 26.5. The lowest BCUT2D eigenvalue weighted by molar-refractivity contribution is -0.171. The van der Waals surface area contributed by atoms with Crippen molar-refractivity contribution < 1.29 is 33.4 Å². The second-order valence-corrected chi connectivity index (χ2v) is 10.6. The number of carbonyl (C=O) groups is 3. The molecule has 3 aliphatic rings. The molecular formula is C28H35NO7. The van der Waals surface area contributed by atoms with Crippen LogP contribution in [0.4, 0.5) is 0 Å². The van der Waals surface area contributed by atoms with Crippen LogP contribution in [0.3, 0.4) is 0 Å². The lowest BCUT2D eigenvalue weighted by Crippen LogP contribution is -2.76. The summed E-state index contributed by atoms with van der Waals surface area (Å²) in [4.78, 5) is 38.8. The van der Waals surface area contributed by atoms with Gasteiger partial charge in [0.05, 0.1) is 49.2 Å². The standard InChI is InChI=1S/C28H35NO7/c1-16-11-19(12-20(16)18-8-10-35-15-18)36-22-14-28(29-5)26(3,25(32)33)9-7-23(30)27(28,4)21(17(22)2)13-24(31)34-6/h7-11,15,19-22,29H,2,12-14H2,1,3-6H3,(H,32,33)/t19-,20+,21-,22+,26-,27-,28+/m0/s1. The summed E-state index contributed by atoms with van der Waals surface area (Å²) in [6, 6.07) is 1.94. The number of ether oxygens (including phenoxy) is 2. The van der Waals surface area contributed by atoms with Crippen molar-refractivity contribution in [2.24, 2.45) is 16.7 Å². The van der Waals surface area contributed by atoms with Gasteiger partial charge in [0.1, 0.15) is 5.41 Å². The summed E-state index contributed by atoms with van der Waals surface area (Å²) in [6.45, 7) is 9.70. The predicted molar refractivity (Wildman–Crippen MR) is 132 cm³/mol. The number of hydrogen-bond acceptors (Lipinski definition) is 7. The number of allylic oxidation sites excluding steroid dienone is 2. The van der Waals surface area contributed by atoms with Crippen LogP contribution in [-0.2, 0) is 23.9 Å². The minimum atomic E-state index is -1.44. The molecule has 8 heteroatoms. The average Bonchev–Trinajstić information content (AvgIpc) is 3.50. The van der Waals surface area contributed by atoms with Gasteiger partial charge in [0, 0.05) is 11.8 Å². The first kappa shape index (κ1) is 26.1. The number of furan rings is 1. The molecule has 0 radical (unpaired) electrons. The number of carboxylic acids is 1. The van der Waals surface area contributed by atoms with Gasteiger partial charge in [-0.25, -0.2) is 0 Å². The van der Waals surface area contributed by atoms with Gasteiger partial charge in [-0.2, -0.15) is 0 Å². The van der Waals surface area contributed by atoms with Gasteiger partial charge in [0.25, 0.3) is 0 Å². The van der Waals surface area contributed by atoms with E-state index >= 15 is 0 Å². The van der Waals surface area contributed by atoms with E-state index in [4.69, 9.17) is 13.9 Å². The van der Waals surface area contributed by atoms with Gasteiger partial charge >= 0.3 is 11.9 Å². The molecule has 7 atom stereocenters. The Hall–Kier alpha value is -2.97. The molecule has 0 aromatic carbocycles. The van der Waals surface area contributed by atoms with Crippen LogP contribution in [-0.4, -0.2) is 54.7 Å². The van der Waals surface area contributed by atoms with Crippen molar-refractivity contribution in [3.05, 3.63) is 60.1 Å². The highest BCUT2D eigenvalue weighted by atomic mass is 16.5. The highest BCUT2D eigenvalue weighted by Gasteiger charge is 2.71. The number of ketones is 1. The molecule has 3 aliphatic carbocycles. The highest BCUT2D eigenvalue weighted by Crippen LogP contribution is 2.61. The molecule has 8 nitrogen and oxygen atoms in total. The lowest BCUT2D eigenvalue weighted by atomic mass is 9.43. The van der Waals surface area contributed by atoms with Gasteiger partial charge in [0.15, 0.2) is 5.78 Å². The number of rotatable bonds is 7. The van der Waals surface area contributed by atoms with Gasteiger partial charge in [-0.15, -0.1) is 0 Å². The summed E-state index contributed by atoms with van der Waals surface area (Å²) in [5.41, 5.74) is -1.13. The van der Waals surface area contributed by atoms with Crippen LogP contribution in [0, 0.1) is 16.7 Å². The van der Waals surface area contributed by atoms with E-state index in [1.54, 1.807) is 33.4 Å². The Labute approximate surface area is 211 Å². The summed E-state index contributed by atoms with van der Waals surface area (Å²) in [7, 11) is 2.96. The molecule has 0 amide bonds. The minimum absolute atomic E-state index is 0.110. The van der Waals surface area contributed by atoms with Gasteiger partial charge < -0.3 is 24.3 Å². The predicted octanol–water partition coefficient (Wildman–Crippen LogP) is 3.80. The monoisotopic (exact) mass is 497 g/mol. The third-order valence-electron chi connectivity index (χ3n) is 9.12. The van der Waals surface area contributed by atoms with Crippen LogP contribution >= 0.6 is 0 Å². The molecule has 1 heterocycles. The van der Waals surface area contributed by atoms with Crippen LogP contribution in [0.5, 0.6) is 0 Å². The van der Waals surface area contributed by atoms with Crippen molar-refractivity contribution in [3.63, 3.8) is 0 Å². The second-order valence-electron chi connectivity index (χ2n) is 10.6. The smallest absolute Gasteiger partial charge is 0.315 e. The minimum Gasteiger partial charge on any atom is -0.481 e. The number of methoxy groups -OCH3 is 1. The van der Waals surface area contributed by atoms with E-state index in [9.17, 15) is 19.5 Å². The maximum atomic E-state index is 13.5. The van der Waals surface area contributed by atoms with E-state index in [-0.39, 0.29) is 30.6 Å². The molecule has 1 saturated carbocycles. The Morgan fingerprint density at radius 2 is 2.06 bits per heavy atom. The molecule has 0 spiro atoms. The topological polar surface area (TPSA) is 115 Å². The number of aliphatic carboxylic acids is 1. The first-order valence-corrected chi connectivity index (χ1v) is 12.2. The number of carbonyl (C=O) groups excluding carboxylic acids is 2. The summed E-state index contributed by atoms with van der Waals surface area (Å²) in [5, 5.41) is 13.6. The van der Waals surface area contributed by atoms with Gasteiger partial charge in [-0.05, 0) is 63.9 Å². The summed E-state index contributed by atoms with van der Waals surface area (Å²) < 4.78 is 16.8. The third-order valence-corrected chi connectivity index (χ3v) is 9.12. The zero-order valence-electron chi connectivity index (χ0n) is 21.5. The molecule has 1 aromatic heterocycles. The van der Waals surface area contributed by atoms with E-state index in [0.717, 1.165) is 11.1 Å². The maximum absolute atomic E-state index is 13.5. The van der Waals surface area contributed by atoms with E-state index in [0.29, 0.717) is 12.0 Å². The SMILES string of the molecule is C=C1[C@H](O[C@H]2C=C(C)[C@H](c3ccoc3)C2)C[C@@]2(NC)[C@](C)(C(=O)O)C=CC(=O)[C@]2(C)[C@H]1CC(=O)OC. The fourth-order valence-corrected chi connectivity index (χ4v) is 6.87. The molecule has 0 aliphatic heterocycles. The van der Waals surface area contributed by atoms with E-state index < -0.39 is 40.3 Å². The Balaban J connectivity index is 1.76. The normalized spacial score (nSPS) is 38.0. The van der Waals surface area contributed by atoms with Crippen molar-refractivity contribution in [2.75, 3.05) is 14.2 Å². The first-order chi connectivity index (χ1) is 16.9. The average molecular weight is 498 g/mol. The van der Waals surface area contributed by atoms with Crippen molar-refractivity contribution in [2.45, 2.75) is 63.7 Å². The number of carboxylic acid groups (broad SMARTS) is 1. The molecule has 194 valence electrons. The van der Waals surface area contributed by atoms with E-state index in [1.807, 2.05) is 6.07 Å². The Bertz CT molecular complexity index is 1130. The van der Waals surface area contributed by atoms with Gasteiger partial charge in [-0.1, -0.05) is 24.3 Å². The number of nitrogens with one attached hydrogen (secondary N) is 1. The molecule has 0 saturated heterocycles. The zero-order valence-corrected chi connectivity index (χ0v) is 21.5. The second kappa shape index (κ2) is 9.16. The number of hydrogen-bond donors (Lipinski definition) is 2. The third kappa shape index (κ3) is 3.61. The van der Waals surface area contributed by atoms with Gasteiger partial charge in [-0.3, -0.25) is 14.4 Å². The van der Waals surface area contributed by atoms with Gasteiger partial charge in [0.2, 0.25) is 0 Å². The van der Waals surface area contributed by atoms with Crippen molar-refractivity contribution >= 4 is 17.7 Å². The summed E-state index contributed by atoms with van der Waals surface area (Å²) in [6.07, 6.45) is 8.22. The van der Waals surface area contributed by atoms with Crippen molar-refractivity contribution in [1.82, 2.24) is 5.32 Å². The van der Waals surface area contributed by atoms with E-state index in [1.165, 1.54) is 19.3 Å². The first-order valence-electron chi connectivity index (χ1n) is 12.2. The molecule has 4 rings (SSSR count). The summed E-state index contributed by atoms with van der Waals surface area (Å²) >= 11 is 0. The van der Waals surface area contributed by atoms with Crippen LogP contribution < -0.4 is 5.32 Å². The lowest BCUT2D eigenvalue weighted by Gasteiger charge is -2.63.